The number of nitrogens with zero attached hydrogens (tertiary/aromatic N) is 3. The summed E-state index contributed by atoms with van der Waals surface area (Å²) in [4.78, 5) is 23.7. The van der Waals surface area contributed by atoms with E-state index in [4.69, 9.17) is 9.15 Å². The number of oxazole rings is 1. The minimum Gasteiger partial charge on any atom is -0.440 e. The fourth-order valence-electron chi connectivity index (χ4n) is 3.80. The summed E-state index contributed by atoms with van der Waals surface area (Å²) in [5.41, 5.74) is 2.25. The van der Waals surface area contributed by atoms with Gasteiger partial charge in [-0.25, -0.2) is 9.97 Å². The topological polar surface area (TPSA) is 68.5 Å². The normalized spacial score (nSPS) is 14.7. The van der Waals surface area contributed by atoms with E-state index in [0.29, 0.717) is 30.3 Å². The zero-order valence-corrected chi connectivity index (χ0v) is 18.3. The lowest BCUT2D eigenvalue weighted by molar-refractivity contribution is 0.0706. The van der Waals surface area contributed by atoms with Crippen LogP contribution in [0.1, 0.15) is 35.0 Å². The molecule has 6 nitrogen and oxygen atoms in total. The monoisotopic (exact) mass is 477 g/mol. The van der Waals surface area contributed by atoms with E-state index in [9.17, 15) is 4.79 Å². The molecule has 5 rings (SSSR count). The third-order valence-corrected chi connectivity index (χ3v) is 5.94. The Morgan fingerprint density at radius 1 is 1.06 bits per heavy atom. The number of aromatic nitrogens is 2. The van der Waals surface area contributed by atoms with Crippen LogP contribution in [0.5, 0.6) is 11.6 Å². The first kappa shape index (κ1) is 19.8. The lowest BCUT2D eigenvalue weighted by Crippen LogP contribution is -2.38. The average molecular weight is 478 g/mol. The van der Waals surface area contributed by atoms with Gasteiger partial charge < -0.3 is 14.1 Å². The van der Waals surface area contributed by atoms with Gasteiger partial charge in [-0.15, -0.1) is 0 Å². The number of para-hydroxylation sites is 2. The van der Waals surface area contributed by atoms with E-state index in [1.54, 1.807) is 18.3 Å². The van der Waals surface area contributed by atoms with Crippen molar-refractivity contribution in [2.45, 2.75) is 18.8 Å². The van der Waals surface area contributed by atoms with Crippen molar-refractivity contribution < 1.29 is 13.9 Å². The summed E-state index contributed by atoms with van der Waals surface area (Å²) in [6, 6.07) is 18.8. The third kappa shape index (κ3) is 4.32. The molecular formula is C24H20BrN3O3. The van der Waals surface area contributed by atoms with Gasteiger partial charge in [0.05, 0.1) is 5.56 Å². The van der Waals surface area contributed by atoms with Gasteiger partial charge in [0.1, 0.15) is 11.3 Å². The van der Waals surface area contributed by atoms with Crippen molar-refractivity contribution in [1.82, 2.24) is 14.9 Å². The van der Waals surface area contributed by atoms with E-state index in [2.05, 4.69) is 25.9 Å². The second-order valence-electron chi connectivity index (χ2n) is 7.53. The summed E-state index contributed by atoms with van der Waals surface area (Å²) in [7, 11) is 0. The molecule has 2 aromatic heterocycles. The molecule has 0 saturated carbocycles. The maximum Gasteiger partial charge on any atom is 0.255 e. The van der Waals surface area contributed by atoms with E-state index in [1.807, 2.05) is 53.4 Å². The number of fused-ring (bicyclic) bond motifs is 1. The number of pyridine rings is 1. The van der Waals surface area contributed by atoms with Gasteiger partial charge in [0.15, 0.2) is 11.5 Å². The van der Waals surface area contributed by atoms with Crippen molar-refractivity contribution in [3.63, 3.8) is 0 Å². The second kappa shape index (κ2) is 8.51. The van der Waals surface area contributed by atoms with Gasteiger partial charge in [0.25, 0.3) is 5.91 Å². The van der Waals surface area contributed by atoms with Crippen molar-refractivity contribution in [2.75, 3.05) is 13.1 Å². The highest BCUT2D eigenvalue weighted by Gasteiger charge is 2.27. The van der Waals surface area contributed by atoms with Crippen LogP contribution in [0.2, 0.25) is 0 Å². The van der Waals surface area contributed by atoms with Gasteiger partial charge in [0.2, 0.25) is 5.88 Å². The van der Waals surface area contributed by atoms with Gasteiger partial charge in [-0.05, 0) is 49.2 Å². The summed E-state index contributed by atoms with van der Waals surface area (Å²) in [6.45, 7) is 1.33. The molecule has 1 fully saturated rings. The van der Waals surface area contributed by atoms with Crippen LogP contribution in [0.25, 0.3) is 11.1 Å². The third-order valence-electron chi connectivity index (χ3n) is 5.44. The molecule has 0 bridgehead atoms. The molecule has 0 atom stereocenters. The molecule has 156 valence electrons. The van der Waals surface area contributed by atoms with Crippen molar-refractivity contribution in [3.8, 4) is 11.6 Å². The molecule has 1 saturated heterocycles. The molecule has 3 heterocycles. The molecule has 1 amide bonds. The Morgan fingerprint density at radius 2 is 1.90 bits per heavy atom. The predicted molar refractivity (Wildman–Crippen MR) is 120 cm³/mol. The van der Waals surface area contributed by atoms with Gasteiger partial charge in [0, 0.05) is 35.7 Å². The van der Waals surface area contributed by atoms with Crippen LogP contribution in [0, 0.1) is 0 Å². The van der Waals surface area contributed by atoms with Gasteiger partial charge in [-0.3, -0.25) is 4.79 Å². The zero-order valence-electron chi connectivity index (χ0n) is 16.7. The second-order valence-corrected chi connectivity index (χ2v) is 8.45. The quantitative estimate of drug-likeness (QED) is 0.371. The number of piperidine rings is 1. The summed E-state index contributed by atoms with van der Waals surface area (Å²) < 4.78 is 12.6. The summed E-state index contributed by atoms with van der Waals surface area (Å²) in [5.74, 6) is 2.11. The van der Waals surface area contributed by atoms with Crippen LogP contribution < -0.4 is 4.74 Å². The molecule has 2 aromatic carbocycles. The number of hydrogen-bond donors (Lipinski definition) is 0. The largest absolute Gasteiger partial charge is 0.440 e. The number of rotatable bonds is 4. The molecule has 4 aromatic rings. The van der Waals surface area contributed by atoms with E-state index in [-0.39, 0.29) is 11.8 Å². The lowest BCUT2D eigenvalue weighted by atomic mass is 9.96. The lowest BCUT2D eigenvalue weighted by Gasteiger charge is -2.30. The van der Waals surface area contributed by atoms with Crippen molar-refractivity contribution in [1.29, 1.82) is 0 Å². The molecule has 7 heteroatoms. The molecule has 31 heavy (non-hydrogen) atoms. The molecular weight excluding hydrogens is 458 g/mol. The van der Waals surface area contributed by atoms with Gasteiger partial charge >= 0.3 is 0 Å². The van der Waals surface area contributed by atoms with E-state index in [0.717, 1.165) is 34.3 Å². The first-order chi connectivity index (χ1) is 15.2. The molecule has 1 aliphatic rings. The number of likely N-dealkylation sites (tertiary alicyclic amines) is 1. The van der Waals surface area contributed by atoms with Crippen LogP contribution in [-0.4, -0.2) is 33.9 Å². The summed E-state index contributed by atoms with van der Waals surface area (Å²) in [5, 5.41) is 0. The van der Waals surface area contributed by atoms with E-state index in [1.165, 1.54) is 0 Å². The Kier molecular flexibility index (Phi) is 5.42. The predicted octanol–water partition coefficient (Wildman–Crippen LogP) is 5.80. The number of ether oxygens (including phenoxy) is 1. The Balaban J connectivity index is 1.21. The van der Waals surface area contributed by atoms with Crippen molar-refractivity contribution in [2.24, 2.45) is 0 Å². The van der Waals surface area contributed by atoms with Crippen LogP contribution >= 0.6 is 15.9 Å². The molecule has 0 spiro atoms. The SMILES string of the molecule is O=C(c1ccc(Oc2cccc(Br)c2)nc1)N1CCC(c2nc3ccccc3o2)CC1. The maximum absolute atomic E-state index is 12.9. The number of carbonyl (C=O) groups excluding carboxylic acids is 1. The zero-order chi connectivity index (χ0) is 21.2. The Labute approximate surface area is 188 Å². The average Bonchev–Trinajstić information content (AvgIpc) is 3.24. The Morgan fingerprint density at radius 3 is 2.65 bits per heavy atom. The highest BCUT2D eigenvalue weighted by atomic mass is 79.9. The minimum atomic E-state index is -0.0162. The fourth-order valence-corrected chi connectivity index (χ4v) is 4.17. The fraction of sp³-hybridized carbons (Fsp3) is 0.208. The molecule has 0 unspecified atom stereocenters. The summed E-state index contributed by atoms with van der Waals surface area (Å²) in [6.07, 6.45) is 3.23. The maximum atomic E-state index is 12.9. The number of benzene rings is 2. The van der Waals surface area contributed by atoms with Crippen LogP contribution in [-0.2, 0) is 0 Å². The molecule has 1 aliphatic heterocycles. The highest BCUT2D eigenvalue weighted by Crippen LogP contribution is 2.30. The molecule has 0 radical (unpaired) electrons. The summed E-state index contributed by atoms with van der Waals surface area (Å²) >= 11 is 3.42. The Bertz CT molecular complexity index is 1180. The minimum absolute atomic E-state index is 0.0162. The van der Waals surface area contributed by atoms with E-state index >= 15 is 0 Å². The smallest absolute Gasteiger partial charge is 0.255 e. The van der Waals surface area contributed by atoms with Gasteiger partial charge in [-0.2, -0.15) is 0 Å². The molecule has 0 N–H and O–H groups in total. The Hall–Kier alpha value is -3.19. The standard InChI is InChI=1S/C24H20BrN3O3/c25-18-4-3-5-19(14-18)30-22-9-8-17(15-26-22)24(29)28-12-10-16(11-13-28)23-27-20-6-1-2-7-21(20)31-23/h1-9,14-16H,10-13H2. The first-order valence-electron chi connectivity index (χ1n) is 10.2. The van der Waals surface area contributed by atoms with Crippen LogP contribution in [0.4, 0.5) is 0 Å². The number of amides is 1. The number of hydrogen-bond acceptors (Lipinski definition) is 5. The first-order valence-corrected chi connectivity index (χ1v) is 11.0. The van der Waals surface area contributed by atoms with Crippen molar-refractivity contribution >= 4 is 32.9 Å². The number of halogens is 1. The van der Waals surface area contributed by atoms with Crippen LogP contribution in [0.3, 0.4) is 0 Å². The van der Waals surface area contributed by atoms with Crippen molar-refractivity contribution in [3.05, 3.63) is 82.8 Å². The highest BCUT2D eigenvalue weighted by molar-refractivity contribution is 9.10. The van der Waals surface area contributed by atoms with E-state index < -0.39 is 0 Å². The van der Waals surface area contributed by atoms with Crippen LogP contribution in [0.15, 0.2) is 75.8 Å². The molecule has 0 aliphatic carbocycles. The van der Waals surface area contributed by atoms with Gasteiger partial charge in [-0.1, -0.05) is 34.1 Å². The number of carbonyl (C=O) groups is 1.